The topological polar surface area (TPSA) is 69.7 Å². The van der Waals surface area contributed by atoms with Crippen LogP contribution >= 0.6 is 11.3 Å². The lowest BCUT2D eigenvalue weighted by atomic mass is 10.2. The van der Waals surface area contributed by atoms with E-state index in [2.05, 4.69) is 10.3 Å². The van der Waals surface area contributed by atoms with Crippen molar-refractivity contribution >= 4 is 28.5 Å². The number of benzene rings is 2. The van der Waals surface area contributed by atoms with Crippen LogP contribution in [0.5, 0.6) is 17.2 Å². The molecule has 0 aliphatic heterocycles. The van der Waals surface area contributed by atoms with Crippen molar-refractivity contribution in [2.45, 2.75) is 26.9 Å². The van der Waals surface area contributed by atoms with Crippen LogP contribution in [0.4, 0.5) is 5.13 Å². The first-order chi connectivity index (χ1) is 15.0. The van der Waals surface area contributed by atoms with Gasteiger partial charge in [-0.1, -0.05) is 6.07 Å². The normalized spacial score (nSPS) is 11.0. The lowest BCUT2D eigenvalue weighted by Crippen LogP contribution is -2.08. The summed E-state index contributed by atoms with van der Waals surface area (Å²) in [5, 5.41) is 5.25. The molecule has 0 saturated carbocycles. The van der Waals surface area contributed by atoms with Crippen LogP contribution in [0.1, 0.15) is 26.3 Å². The Morgan fingerprint density at radius 3 is 2.61 bits per heavy atom. The second-order valence-electron chi connectivity index (χ2n) is 6.89. The van der Waals surface area contributed by atoms with E-state index in [1.165, 1.54) is 17.4 Å². The number of carbonyl (C=O) groups excluding carboxylic acids is 1. The monoisotopic (exact) mass is 438 g/mol. The number of hydrogen-bond acceptors (Lipinski definition) is 6. The lowest BCUT2D eigenvalue weighted by molar-refractivity contribution is -0.111. The van der Waals surface area contributed by atoms with Crippen LogP contribution in [0.25, 0.3) is 17.3 Å². The summed E-state index contributed by atoms with van der Waals surface area (Å²) in [7, 11) is 1.63. The highest BCUT2D eigenvalue weighted by molar-refractivity contribution is 7.14. The molecule has 3 rings (SSSR count). The fourth-order valence-electron chi connectivity index (χ4n) is 2.79. The Bertz CT molecular complexity index is 1040. The zero-order valence-electron chi connectivity index (χ0n) is 18.0. The minimum Gasteiger partial charge on any atom is -0.497 e. The molecule has 1 heterocycles. The molecule has 0 aliphatic rings. The van der Waals surface area contributed by atoms with Crippen LogP contribution in [0.15, 0.2) is 53.9 Å². The molecule has 0 radical (unpaired) electrons. The molecule has 0 fully saturated rings. The van der Waals surface area contributed by atoms with Crippen LogP contribution in [0.3, 0.4) is 0 Å². The molecule has 6 nitrogen and oxygen atoms in total. The van der Waals surface area contributed by atoms with Gasteiger partial charge in [-0.3, -0.25) is 10.1 Å². The molecule has 3 aromatic rings. The molecule has 2 aromatic carbocycles. The number of hydrogen-bond donors (Lipinski definition) is 1. The summed E-state index contributed by atoms with van der Waals surface area (Å²) in [4.78, 5) is 16.8. The molecule has 0 atom stereocenters. The highest BCUT2D eigenvalue weighted by atomic mass is 32.1. The minimum absolute atomic E-state index is 0.0199. The fraction of sp³-hybridized carbons (Fsp3) is 0.250. The third-order valence-electron chi connectivity index (χ3n) is 4.18. The van der Waals surface area contributed by atoms with Crippen molar-refractivity contribution in [2.24, 2.45) is 0 Å². The van der Waals surface area contributed by atoms with Gasteiger partial charge in [0, 0.05) is 17.0 Å². The van der Waals surface area contributed by atoms with Gasteiger partial charge in [0.2, 0.25) is 5.91 Å². The molecule has 31 heavy (non-hydrogen) atoms. The van der Waals surface area contributed by atoms with Gasteiger partial charge in [-0.25, -0.2) is 4.98 Å². The summed E-state index contributed by atoms with van der Waals surface area (Å²) in [5.74, 6) is 1.87. The first kappa shape index (κ1) is 22.4. The van der Waals surface area contributed by atoms with E-state index in [-0.39, 0.29) is 12.0 Å². The number of methoxy groups -OCH3 is 1. The summed E-state index contributed by atoms with van der Waals surface area (Å²) in [5.41, 5.74) is 2.60. The zero-order valence-corrected chi connectivity index (χ0v) is 18.9. The Labute approximate surface area is 186 Å². The molecular formula is C24H26N2O4S. The fourth-order valence-corrected chi connectivity index (χ4v) is 3.52. The molecule has 0 aliphatic carbocycles. The number of rotatable bonds is 9. The zero-order chi connectivity index (χ0) is 22.2. The standard InChI is InChI=1S/C24H26N2O4S/c1-5-29-21-12-6-17(14-22(21)30-16(2)3)7-13-23(27)26-24-25-20(15-31-24)18-8-10-19(28-4)11-9-18/h6-16H,5H2,1-4H3,(H,25,26,27)/b13-7+. The lowest BCUT2D eigenvalue weighted by Gasteiger charge is -2.15. The van der Waals surface area contributed by atoms with Gasteiger partial charge in [0.1, 0.15) is 5.75 Å². The summed E-state index contributed by atoms with van der Waals surface area (Å²) in [6, 6.07) is 13.2. The maximum Gasteiger partial charge on any atom is 0.250 e. The van der Waals surface area contributed by atoms with E-state index in [1.807, 2.05) is 68.6 Å². The first-order valence-corrected chi connectivity index (χ1v) is 10.9. The van der Waals surface area contributed by atoms with Crippen molar-refractivity contribution in [1.29, 1.82) is 0 Å². The molecule has 0 spiro atoms. The second-order valence-corrected chi connectivity index (χ2v) is 7.75. The van der Waals surface area contributed by atoms with E-state index in [4.69, 9.17) is 14.2 Å². The van der Waals surface area contributed by atoms with Gasteiger partial charge in [-0.2, -0.15) is 0 Å². The molecule has 162 valence electrons. The third-order valence-corrected chi connectivity index (χ3v) is 4.94. The summed E-state index contributed by atoms with van der Waals surface area (Å²) in [6.07, 6.45) is 3.23. The van der Waals surface area contributed by atoms with Crippen LogP contribution in [-0.4, -0.2) is 30.7 Å². The van der Waals surface area contributed by atoms with E-state index < -0.39 is 0 Å². The third kappa shape index (κ3) is 6.33. The van der Waals surface area contributed by atoms with Gasteiger partial charge in [0.15, 0.2) is 16.6 Å². The predicted molar refractivity (Wildman–Crippen MR) is 125 cm³/mol. The molecule has 0 bridgehead atoms. The van der Waals surface area contributed by atoms with E-state index in [1.54, 1.807) is 13.2 Å². The van der Waals surface area contributed by atoms with Crippen molar-refractivity contribution in [3.8, 4) is 28.5 Å². The highest BCUT2D eigenvalue weighted by Crippen LogP contribution is 2.30. The number of anilines is 1. The van der Waals surface area contributed by atoms with Crippen molar-refractivity contribution in [3.63, 3.8) is 0 Å². The van der Waals surface area contributed by atoms with Crippen LogP contribution < -0.4 is 19.5 Å². The summed E-state index contributed by atoms with van der Waals surface area (Å²) < 4.78 is 16.6. The van der Waals surface area contributed by atoms with E-state index in [0.717, 1.165) is 22.6 Å². The van der Waals surface area contributed by atoms with Gasteiger partial charge in [-0.15, -0.1) is 11.3 Å². The number of thiazole rings is 1. The van der Waals surface area contributed by atoms with Gasteiger partial charge in [0.25, 0.3) is 0 Å². The Balaban J connectivity index is 1.66. The van der Waals surface area contributed by atoms with Crippen molar-refractivity contribution < 1.29 is 19.0 Å². The number of nitrogens with one attached hydrogen (secondary N) is 1. The van der Waals surface area contributed by atoms with Crippen molar-refractivity contribution in [1.82, 2.24) is 4.98 Å². The molecule has 1 amide bonds. The first-order valence-electron chi connectivity index (χ1n) is 10.0. The number of nitrogens with zero attached hydrogens (tertiary/aromatic N) is 1. The van der Waals surface area contributed by atoms with Gasteiger partial charge in [-0.05, 0) is 68.8 Å². The van der Waals surface area contributed by atoms with Crippen LogP contribution in [0, 0.1) is 0 Å². The predicted octanol–water partition coefficient (Wildman–Crippen LogP) is 5.66. The average molecular weight is 439 g/mol. The highest BCUT2D eigenvalue weighted by Gasteiger charge is 2.09. The van der Waals surface area contributed by atoms with Crippen LogP contribution in [-0.2, 0) is 4.79 Å². The Morgan fingerprint density at radius 2 is 1.94 bits per heavy atom. The van der Waals surface area contributed by atoms with Gasteiger partial charge < -0.3 is 14.2 Å². The molecule has 1 aromatic heterocycles. The average Bonchev–Trinajstić information content (AvgIpc) is 3.22. The van der Waals surface area contributed by atoms with Gasteiger partial charge >= 0.3 is 0 Å². The molecular weight excluding hydrogens is 412 g/mol. The maximum atomic E-state index is 12.3. The second kappa shape index (κ2) is 10.6. The SMILES string of the molecule is CCOc1ccc(/C=C/C(=O)Nc2nc(-c3ccc(OC)cc3)cs2)cc1OC(C)C. The molecule has 0 saturated heterocycles. The van der Waals surface area contributed by atoms with E-state index in [9.17, 15) is 4.79 Å². The van der Waals surface area contributed by atoms with E-state index in [0.29, 0.717) is 23.2 Å². The Morgan fingerprint density at radius 1 is 1.16 bits per heavy atom. The summed E-state index contributed by atoms with van der Waals surface area (Å²) >= 11 is 1.38. The number of amides is 1. The summed E-state index contributed by atoms with van der Waals surface area (Å²) in [6.45, 7) is 6.40. The van der Waals surface area contributed by atoms with Crippen molar-refractivity contribution in [3.05, 3.63) is 59.5 Å². The smallest absolute Gasteiger partial charge is 0.250 e. The van der Waals surface area contributed by atoms with Crippen molar-refractivity contribution in [2.75, 3.05) is 19.0 Å². The number of carbonyl (C=O) groups is 1. The maximum absolute atomic E-state index is 12.3. The molecule has 0 unspecified atom stereocenters. The van der Waals surface area contributed by atoms with E-state index >= 15 is 0 Å². The van der Waals surface area contributed by atoms with Gasteiger partial charge in [0.05, 0.1) is 25.5 Å². The Hall–Kier alpha value is -3.32. The Kier molecular flexibility index (Phi) is 7.67. The quantitative estimate of drug-likeness (QED) is 0.437. The molecule has 1 N–H and O–H groups in total. The number of aromatic nitrogens is 1. The number of ether oxygens (including phenoxy) is 3. The molecule has 7 heteroatoms. The minimum atomic E-state index is -0.254. The largest absolute Gasteiger partial charge is 0.497 e. The van der Waals surface area contributed by atoms with Crippen LogP contribution in [0.2, 0.25) is 0 Å².